The Hall–Kier alpha value is -3.38. The quantitative estimate of drug-likeness (QED) is 0.242. The maximum atomic E-state index is 11.8. The highest BCUT2D eigenvalue weighted by atomic mass is 16.7. The molecule has 0 bridgehead atoms. The summed E-state index contributed by atoms with van der Waals surface area (Å²) in [6.45, 7) is 3.89. The van der Waals surface area contributed by atoms with Gasteiger partial charge in [-0.1, -0.05) is 0 Å². The van der Waals surface area contributed by atoms with Crippen molar-refractivity contribution >= 4 is 29.9 Å². The highest BCUT2D eigenvalue weighted by Gasteiger charge is 2.52. The molecule has 14 heteroatoms. The van der Waals surface area contributed by atoms with Crippen molar-refractivity contribution in [3.63, 3.8) is 0 Å². The second-order valence-electron chi connectivity index (χ2n) is 5.78. The number of rotatable bonds is 6. The van der Waals surface area contributed by atoms with Gasteiger partial charge < -0.3 is 29.0 Å². The van der Waals surface area contributed by atoms with E-state index in [1.54, 1.807) is 0 Å². The average Bonchev–Trinajstić information content (AvgIpc) is 2.57. The summed E-state index contributed by atoms with van der Waals surface area (Å²) in [6, 6.07) is -2.53. The molecule has 5 atom stereocenters. The SMILES string of the molecule is CC(=O)OC[C@H]1OC(OC(C)=O)[C@H](NC(=O)N=[N+]=N)[C@@H](OC(C)=O)[C@@H]1OC(C)=O. The van der Waals surface area contributed by atoms with Crippen molar-refractivity contribution in [2.75, 3.05) is 6.61 Å². The van der Waals surface area contributed by atoms with Gasteiger partial charge in [-0.15, -0.1) is 0 Å². The molecular formula is C15H21N4O10+. The van der Waals surface area contributed by atoms with Crippen LogP contribution in [0.2, 0.25) is 0 Å². The van der Waals surface area contributed by atoms with Gasteiger partial charge >= 0.3 is 29.9 Å². The normalized spacial score (nSPS) is 25.6. The van der Waals surface area contributed by atoms with Gasteiger partial charge in [0.1, 0.15) is 24.3 Å². The molecular weight excluding hydrogens is 396 g/mol. The highest BCUT2D eigenvalue weighted by Crippen LogP contribution is 2.28. The molecule has 14 nitrogen and oxygen atoms in total. The van der Waals surface area contributed by atoms with Gasteiger partial charge in [0.15, 0.2) is 12.2 Å². The Kier molecular flexibility index (Phi) is 8.83. The zero-order valence-electron chi connectivity index (χ0n) is 16.1. The lowest BCUT2D eigenvalue weighted by molar-refractivity contribution is -0.270. The molecule has 160 valence electrons. The zero-order chi connectivity index (χ0) is 22.1. The minimum Gasteiger partial charge on any atom is -0.463 e. The summed E-state index contributed by atoms with van der Waals surface area (Å²) < 4.78 is 25.8. The fourth-order valence-corrected chi connectivity index (χ4v) is 2.54. The van der Waals surface area contributed by atoms with Gasteiger partial charge in [-0.2, -0.15) is 0 Å². The van der Waals surface area contributed by atoms with Crippen LogP contribution in [0.25, 0.3) is 0 Å². The first-order valence-corrected chi connectivity index (χ1v) is 8.23. The van der Waals surface area contributed by atoms with Gasteiger partial charge in [0.25, 0.3) is 0 Å². The van der Waals surface area contributed by atoms with E-state index < -0.39 is 67.2 Å². The summed E-state index contributed by atoms with van der Waals surface area (Å²) in [6.07, 6.45) is -5.50. The van der Waals surface area contributed by atoms with E-state index in [2.05, 4.69) is 15.3 Å². The van der Waals surface area contributed by atoms with E-state index in [1.807, 2.05) is 0 Å². The fourth-order valence-electron chi connectivity index (χ4n) is 2.54. The summed E-state index contributed by atoms with van der Waals surface area (Å²) in [4.78, 5) is 60.2. The van der Waals surface area contributed by atoms with E-state index in [0.717, 1.165) is 27.7 Å². The predicted molar refractivity (Wildman–Crippen MR) is 87.8 cm³/mol. The van der Waals surface area contributed by atoms with Crippen LogP contribution in [0.5, 0.6) is 0 Å². The zero-order valence-corrected chi connectivity index (χ0v) is 16.1. The molecule has 0 saturated carbocycles. The lowest BCUT2D eigenvalue weighted by atomic mass is 9.96. The number of hydrogen-bond donors (Lipinski definition) is 2. The van der Waals surface area contributed by atoms with E-state index in [9.17, 15) is 24.0 Å². The highest BCUT2D eigenvalue weighted by molar-refractivity contribution is 5.75. The van der Waals surface area contributed by atoms with Gasteiger partial charge in [0, 0.05) is 27.7 Å². The molecule has 0 aromatic rings. The third-order valence-corrected chi connectivity index (χ3v) is 3.41. The maximum Gasteiger partial charge on any atom is 0.423 e. The number of carbonyl (C=O) groups excluding carboxylic acids is 5. The van der Waals surface area contributed by atoms with Crippen molar-refractivity contribution < 1.29 is 47.7 Å². The molecule has 29 heavy (non-hydrogen) atoms. The molecule has 0 radical (unpaired) electrons. The molecule has 1 aliphatic rings. The smallest absolute Gasteiger partial charge is 0.423 e. The Labute approximate surface area is 164 Å². The Morgan fingerprint density at radius 3 is 1.97 bits per heavy atom. The molecule has 2 N–H and O–H groups in total. The number of nitrogens with zero attached hydrogens (tertiary/aromatic N) is 2. The second-order valence-corrected chi connectivity index (χ2v) is 5.78. The number of urea groups is 1. The first-order valence-electron chi connectivity index (χ1n) is 8.23. The summed E-state index contributed by atoms with van der Waals surface area (Å²) in [7, 11) is 0. The molecule has 1 unspecified atom stereocenters. The van der Waals surface area contributed by atoms with Crippen LogP contribution in [0, 0.1) is 5.53 Å². The van der Waals surface area contributed by atoms with Gasteiger partial charge in [-0.05, 0) is 0 Å². The van der Waals surface area contributed by atoms with Crippen molar-refractivity contribution in [3.05, 3.63) is 0 Å². The number of esters is 4. The average molecular weight is 417 g/mol. The van der Waals surface area contributed by atoms with E-state index >= 15 is 0 Å². The van der Waals surface area contributed by atoms with Crippen molar-refractivity contribution in [1.29, 1.82) is 5.53 Å². The summed E-state index contributed by atoms with van der Waals surface area (Å²) >= 11 is 0. The lowest BCUT2D eigenvalue weighted by Crippen LogP contribution is -2.66. The van der Waals surface area contributed by atoms with Crippen LogP contribution in [0.3, 0.4) is 0 Å². The Bertz CT molecular complexity index is 720. The Morgan fingerprint density at radius 1 is 0.931 bits per heavy atom. The van der Waals surface area contributed by atoms with Gasteiger partial charge in [0.05, 0.1) is 0 Å². The minimum atomic E-state index is -1.53. The van der Waals surface area contributed by atoms with Crippen molar-refractivity contribution in [1.82, 2.24) is 10.2 Å². The van der Waals surface area contributed by atoms with Crippen LogP contribution in [-0.2, 0) is 42.9 Å². The van der Waals surface area contributed by atoms with Gasteiger partial charge in [0.2, 0.25) is 16.3 Å². The molecule has 0 aliphatic carbocycles. The van der Waals surface area contributed by atoms with Crippen molar-refractivity contribution in [3.8, 4) is 0 Å². The first-order chi connectivity index (χ1) is 13.5. The standard InChI is InChI=1S/C15H20N4O10/c1-6(20)25-5-10-12(26-7(2)21)13(27-8(3)22)11(17-15(24)18-19-16)14(29-10)28-9(4)23/h10-14,16H,5H2,1-4H3/p+1/t10-,11-,12-,13-,14?/m1/s1. The van der Waals surface area contributed by atoms with E-state index in [4.69, 9.17) is 29.2 Å². The summed E-state index contributed by atoms with van der Waals surface area (Å²) in [5, 5.41) is 5.16. The molecule has 0 spiro atoms. The largest absolute Gasteiger partial charge is 0.463 e. The molecule has 1 aliphatic heterocycles. The van der Waals surface area contributed by atoms with E-state index in [0.29, 0.717) is 0 Å². The number of hydrogen-bond acceptors (Lipinski definition) is 11. The Balaban J connectivity index is 3.36. The number of carbonyl (C=O) groups is 5. The first kappa shape index (κ1) is 23.7. The third kappa shape index (κ3) is 7.63. The number of amides is 2. The van der Waals surface area contributed by atoms with Crippen LogP contribution in [0.1, 0.15) is 27.7 Å². The number of ether oxygens (including phenoxy) is 5. The minimum absolute atomic E-state index is 0.435. The molecule has 1 rings (SSSR count). The monoisotopic (exact) mass is 417 g/mol. The Morgan fingerprint density at radius 2 is 1.48 bits per heavy atom. The topological polar surface area (TPSA) is 194 Å². The van der Waals surface area contributed by atoms with Crippen molar-refractivity contribution in [2.45, 2.75) is 58.3 Å². The fraction of sp³-hybridized carbons (Fsp3) is 0.667. The molecule has 1 heterocycles. The lowest BCUT2D eigenvalue weighted by Gasteiger charge is -2.44. The molecule has 2 amide bonds. The molecule has 1 saturated heterocycles. The predicted octanol–water partition coefficient (Wildman–Crippen LogP) is -0.671. The molecule has 1 fully saturated rings. The van der Waals surface area contributed by atoms with Gasteiger partial charge in [-0.3, -0.25) is 19.2 Å². The van der Waals surface area contributed by atoms with Crippen LogP contribution in [0.4, 0.5) is 4.79 Å². The molecule has 0 aromatic carbocycles. The third-order valence-electron chi connectivity index (χ3n) is 3.41. The summed E-state index contributed by atoms with van der Waals surface area (Å²) in [5.74, 6) is -3.08. The van der Waals surface area contributed by atoms with Crippen LogP contribution in [0.15, 0.2) is 5.11 Å². The van der Waals surface area contributed by atoms with Crippen LogP contribution in [-0.4, -0.2) is 67.2 Å². The van der Waals surface area contributed by atoms with E-state index in [-0.39, 0.29) is 0 Å². The number of nitrogens with one attached hydrogen (secondary N) is 2. The van der Waals surface area contributed by atoms with Crippen LogP contribution < -0.4 is 10.2 Å². The van der Waals surface area contributed by atoms with Crippen molar-refractivity contribution in [2.24, 2.45) is 5.11 Å². The van der Waals surface area contributed by atoms with E-state index in [1.165, 1.54) is 0 Å². The maximum absolute atomic E-state index is 11.8. The molecule has 0 aromatic heterocycles. The van der Waals surface area contributed by atoms with Crippen LogP contribution >= 0.6 is 0 Å². The van der Waals surface area contributed by atoms with Gasteiger partial charge in [-0.25, -0.2) is 4.79 Å². The second kappa shape index (κ2) is 10.8. The summed E-state index contributed by atoms with van der Waals surface area (Å²) in [5.41, 5.74) is 6.61.